The van der Waals surface area contributed by atoms with Gasteiger partial charge < -0.3 is 20.8 Å². The highest BCUT2D eigenvalue weighted by Gasteiger charge is 2.26. The van der Waals surface area contributed by atoms with Crippen molar-refractivity contribution in [2.75, 3.05) is 13.1 Å². The molecule has 0 aromatic rings. The van der Waals surface area contributed by atoms with Gasteiger partial charge in [0.1, 0.15) is 0 Å². The van der Waals surface area contributed by atoms with E-state index in [4.69, 9.17) is 10.8 Å². The number of nitrogens with zero attached hydrogens (tertiary/aromatic N) is 1. The van der Waals surface area contributed by atoms with Gasteiger partial charge in [0.15, 0.2) is 0 Å². The van der Waals surface area contributed by atoms with Crippen molar-refractivity contribution in [2.24, 2.45) is 11.1 Å². The second-order valence-corrected chi connectivity index (χ2v) is 7.62. The highest BCUT2D eigenvalue weighted by Crippen LogP contribution is 2.23. The first-order chi connectivity index (χ1) is 11.7. The fourth-order valence-corrected chi connectivity index (χ4v) is 2.78. The number of carboxylic acid groups (broad SMARTS) is 1. The molecule has 1 atom stereocenters. The first-order valence-corrected chi connectivity index (χ1v) is 9.66. The first-order valence-electron chi connectivity index (χ1n) is 9.66. The Hall–Kier alpha value is -1.30. The number of aliphatic hydroxyl groups excluding tert-OH is 1. The summed E-state index contributed by atoms with van der Waals surface area (Å²) >= 11 is 0. The first kappa shape index (κ1) is 23.7. The Morgan fingerprint density at radius 2 is 1.60 bits per heavy atom. The van der Waals surface area contributed by atoms with Crippen molar-refractivity contribution in [2.45, 2.75) is 91.1 Å². The van der Waals surface area contributed by atoms with Crippen LogP contribution in [0.3, 0.4) is 0 Å². The predicted molar refractivity (Wildman–Crippen MR) is 100 cm³/mol. The van der Waals surface area contributed by atoms with Gasteiger partial charge in [0, 0.05) is 13.1 Å². The van der Waals surface area contributed by atoms with Crippen LogP contribution in [0.15, 0.2) is 0 Å². The predicted octanol–water partition coefficient (Wildman–Crippen LogP) is 3.76. The average molecular weight is 359 g/mol. The summed E-state index contributed by atoms with van der Waals surface area (Å²) in [4.78, 5) is 24.2. The molecule has 6 heteroatoms. The molecule has 25 heavy (non-hydrogen) atoms. The summed E-state index contributed by atoms with van der Waals surface area (Å²) in [6.07, 6.45) is 8.45. The minimum absolute atomic E-state index is 0.292. The van der Waals surface area contributed by atoms with E-state index in [0.717, 1.165) is 51.4 Å². The molecule has 0 fully saturated rings. The number of aliphatic hydroxyl groups is 1. The molecule has 0 saturated carbocycles. The van der Waals surface area contributed by atoms with Crippen molar-refractivity contribution in [3.05, 3.63) is 0 Å². The van der Waals surface area contributed by atoms with Crippen molar-refractivity contribution < 1.29 is 19.8 Å². The molecule has 0 rings (SSSR count). The summed E-state index contributed by atoms with van der Waals surface area (Å²) in [5, 5.41) is 19.0. The zero-order valence-corrected chi connectivity index (χ0v) is 16.3. The zero-order valence-electron chi connectivity index (χ0n) is 16.3. The van der Waals surface area contributed by atoms with Crippen molar-refractivity contribution in [1.82, 2.24) is 4.90 Å². The molecule has 0 radical (unpaired) electrons. The van der Waals surface area contributed by atoms with Crippen LogP contribution in [0.1, 0.15) is 85.0 Å². The Balaban J connectivity index is 3.92. The summed E-state index contributed by atoms with van der Waals surface area (Å²) in [6.45, 7) is 6.77. The van der Waals surface area contributed by atoms with Crippen LogP contribution in [0.25, 0.3) is 0 Å². The molecule has 0 saturated heterocycles. The fourth-order valence-electron chi connectivity index (χ4n) is 2.78. The largest absolute Gasteiger partial charge is 0.481 e. The Kier molecular flexibility index (Phi) is 12.3. The van der Waals surface area contributed by atoms with Crippen LogP contribution < -0.4 is 5.73 Å². The number of nitrogens with two attached hydrogens (primary N) is 1. The lowest BCUT2D eigenvalue weighted by Crippen LogP contribution is -2.37. The van der Waals surface area contributed by atoms with Gasteiger partial charge in [-0.15, -0.1) is 0 Å². The highest BCUT2D eigenvalue weighted by molar-refractivity contribution is 5.73. The molecule has 6 nitrogen and oxygen atoms in total. The lowest BCUT2D eigenvalue weighted by molar-refractivity contribution is -0.147. The maximum Gasteiger partial charge on any atom is 0.314 e. The number of hydrogen-bond donors (Lipinski definition) is 3. The number of rotatable bonds is 15. The monoisotopic (exact) mass is 358 g/mol. The zero-order chi connectivity index (χ0) is 19.3. The SMILES string of the molecule is CCCCCC(O)CCCN(CCCCCC(C)(C)C(=O)O)C(N)=O. The smallest absolute Gasteiger partial charge is 0.314 e. The van der Waals surface area contributed by atoms with Crippen molar-refractivity contribution in [3.63, 3.8) is 0 Å². The quantitative estimate of drug-likeness (QED) is 0.388. The summed E-state index contributed by atoms with van der Waals surface area (Å²) in [5.74, 6) is -0.774. The van der Waals surface area contributed by atoms with E-state index in [9.17, 15) is 14.7 Å². The van der Waals surface area contributed by atoms with Crippen LogP contribution in [0.4, 0.5) is 4.79 Å². The molecular weight excluding hydrogens is 320 g/mol. The van der Waals surface area contributed by atoms with Gasteiger partial charge in [-0.1, -0.05) is 39.0 Å². The molecule has 0 aliphatic rings. The third-order valence-electron chi connectivity index (χ3n) is 4.73. The number of primary amides is 1. The van der Waals surface area contributed by atoms with Crippen LogP contribution in [-0.4, -0.2) is 46.3 Å². The molecule has 148 valence electrons. The number of unbranched alkanes of at least 4 members (excludes halogenated alkanes) is 4. The Morgan fingerprint density at radius 3 is 2.16 bits per heavy atom. The van der Waals surface area contributed by atoms with Gasteiger partial charge in [-0.2, -0.15) is 0 Å². The van der Waals surface area contributed by atoms with E-state index in [0.29, 0.717) is 25.9 Å². The van der Waals surface area contributed by atoms with Gasteiger partial charge >= 0.3 is 12.0 Å². The lowest BCUT2D eigenvalue weighted by Gasteiger charge is -2.22. The molecule has 0 spiro atoms. The highest BCUT2D eigenvalue weighted by atomic mass is 16.4. The third kappa shape index (κ3) is 11.8. The fraction of sp³-hybridized carbons (Fsp3) is 0.895. The van der Waals surface area contributed by atoms with Gasteiger partial charge in [-0.3, -0.25) is 4.79 Å². The lowest BCUT2D eigenvalue weighted by atomic mass is 9.87. The van der Waals surface area contributed by atoms with Crippen LogP contribution in [0.2, 0.25) is 0 Å². The molecule has 0 aliphatic heterocycles. The second kappa shape index (κ2) is 13.0. The van der Waals surface area contributed by atoms with E-state index in [1.165, 1.54) is 0 Å². The van der Waals surface area contributed by atoms with Crippen LogP contribution in [0.5, 0.6) is 0 Å². The van der Waals surface area contributed by atoms with E-state index in [1.807, 2.05) is 0 Å². The summed E-state index contributed by atoms with van der Waals surface area (Å²) in [6, 6.07) is -0.425. The van der Waals surface area contributed by atoms with Crippen molar-refractivity contribution >= 4 is 12.0 Å². The van der Waals surface area contributed by atoms with Gasteiger partial charge in [-0.05, 0) is 46.0 Å². The number of aliphatic carboxylic acids is 1. The van der Waals surface area contributed by atoms with E-state index >= 15 is 0 Å². The summed E-state index contributed by atoms with van der Waals surface area (Å²) in [7, 11) is 0. The summed E-state index contributed by atoms with van der Waals surface area (Å²) in [5.41, 5.74) is 4.73. The number of carbonyl (C=O) groups excluding carboxylic acids is 1. The van der Waals surface area contributed by atoms with Gasteiger partial charge in [0.2, 0.25) is 0 Å². The molecule has 1 unspecified atom stereocenters. The van der Waals surface area contributed by atoms with E-state index < -0.39 is 17.4 Å². The maximum atomic E-state index is 11.5. The normalized spacial score (nSPS) is 12.8. The van der Waals surface area contributed by atoms with Gasteiger partial charge in [-0.25, -0.2) is 4.79 Å². The topological polar surface area (TPSA) is 104 Å². The van der Waals surface area contributed by atoms with Crippen LogP contribution in [-0.2, 0) is 4.79 Å². The van der Waals surface area contributed by atoms with Gasteiger partial charge in [0.05, 0.1) is 11.5 Å². The Morgan fingerprint density at radius 1 is 1.00 bits per heavy atom. The van der Waals surface area contributed by atoms with Crippen molar-refractivity contribution in [3.8, 4) is 0 Å². The average Bonchev–Trinajstić information content (AvgIpc) is 2.52. The molecule has 4 N–H and O–H groups in total. The number of urea groups is 1. The molecule has 0 aromatic carbocycles. The number of carboxylic acids is 1. The third-order valence-corrected chi connectivity index (χ3v) is 4.73. The second-order valence-electron chi connectivity index (χ2n) is 7.62. The van der Waals surface area contributed by atoms with Gasteiger partial charge in [0.25, 0.3) is 0 Å². The van der Waals surface area contributed by atoms with E-state index in [2.05, 4.69) is 6.92 Å². The minimum atomic E-state index is -0.774. The molecule has 0 bridgehead atoms. The number of amides is 2. The van der Waals surface area contributed by atoms with Crippen LogP contribution in [0, 0.1) is 5.41 Å². The standard InChI is InChI=1S/C19H38N2O4/c1-4-5-7-11-16(22)12-10-15-21(18(20)25)14-9-6-8-13-19(2,3)17(23)24/h16,22H,4-15H2,1-3H3,(H2,20,25)(H,23,24). The molecule has 0 aliphatic carbocycles. The van der Waals surface area contributed by atoms with Crippen molar-refractivity contribution in [1.29, 1.82) is 0 Å². The Labute approximate surface area is 152 Å². The number of carbonyl (C=O) groups is 2. The summed E-state index contributed by atoms with van der Waals surface area (Å²) < 4.78 is 0. The minimum Gasteiger partial charge on any atom is -0.481 e. The number of hydrogen-bond acceptors (Lipinski definition) is 3. The maximum absolute atomic E-state index is 11.5. The van der Waals surface area contributed by atoms with Crippen LogP contribution >= 0.6 is 0 Å². The Bertz CT molecular complexity index is 386. The van der Waals surface area contributed by atoms with E-state index in [-0.39, 0.29) is 6.10 Å². The molecule has 0 aromatic heterocycles. The molecule has 2 amide bonds. The van der Waals surface area contributed by atoms with E-state index in [1.54, 1.807) is 18.7 Å². The molecular formula is C19H38N2O4. The molecule has 0 heterocycles.